The van der Waals surface area contributed by atoms with Gasteiger partial charge in [-0.05, 0) is 66.8 Å². The lowest BCUT2D eigenvalue weighted by molar-refractivity contribution is -0.123. The molecule has 0 radical (unpaired) electrons. The number of ether oxygens (including phenoxy) is 2. The van der Waals surface area contributed by atoms with Gasteiger partial charge in [-0.2, -0.15) is 5.10 Å². The van der Waals surface area contributed by atoms with Crippen LogP contribution in [0, 0.1) is 6.92 Å². The van der Waals surface area contributed by atoms with Crippen molar-refractivity contribution >= 4 is 12.1 Å². The predicted octanol–water partition coefficient (Wildman–Crippen LogP) is 4.05. The highest BCUT2D eigenvalue weighted by Gasteiger charge is 2.07. The first kappa shape index (κ1) is 19.5. The minimum atomic E-state index is -0.304. The van der Waals surface area contributed by atoms with Crippen LogP contribution in [0.5, 0.6) is 11.5 Å². The molecular formula is C21H26N2O3. The molecule has 0 aliphatic carbocycles. The lowest BCUT2D eigenvalue weighted by Crippen LogP contribution is -2.24. The van der Waals surface area contributed by atoms with Crippen LogP contribution in [-0.4, -0.2) is 25.3 Å². The molecule has 0 spiro atoms. The van der Waals surface area contributed by atoms with Crippen LogP contribution in [0.3, 0.4) is 0 Å². The Hall–Kier alpha value is -2.82. The molecule has 0 fully saturated rings. The van der Waals surface area contributed by atoms with Crippen molar-refractivity contribution in [3.05, 3.63) is 59.2 Å². The Morgan fingerprint density at radius 1 is 1.15 bits per heavy atom. The molecule has 0 atom stereocenters. The van der Waals surface area contributed by atoms with Gasteiger partial charge in [0.05, 0.1) is 12.8 Å². The van der Waals surface area contributed by atoms with Crippen molar-refractivity contribution in [2.45, 2.75) is 33.6 Å². The molecule has 2 rings (SSSR count). The largest absolute Gasteiger partial charge is 0.494 e. The topological polar surface area (TPSA) is 59.9 Å². The molecule has 0 saturated heterocycles. The summed E-state index contributed by atoms with van der Waals surface area (Å²) in [6, 6.07) is 13.5. The number of carbonyl (C=O) groups excluding carboxylic acids is 1. The second-order valence-electron chi connectivity index (χ2n) is 6.26. The lowest BCUT2D eigenvalue weighted by Gasteiger charge is -2.12. The monoisotopic (exact) mass is 354 g/mol. The van der Waals surface area contributed by atoms with E-state index in [1.807, 2.05) is 50.2 Å². The number of rotatable bonds is 8. The zero-order valence-electron chi connectivity index (χ0n) is 15.8. The maximum Gasteiger partial charge on any atom is 0.277 e. The predicted molar refractivity (Wildman–Crippen MR) is 104 cm³/mol. The number of benzene rings is 2. The zero-order valence-corrected chi connectivity index (χ0v) is 15.8. The molecular weight excluding hydrogens is 328 g/mol. The maximum atomic E-state index is 11.9. The summed E-state index contributed by atoms with van der Waals surface area (Å²) in [4.78, 5) is 11.9. The van der Waals surface area contributed by atoms with E-state index in [-0.39, 0.29) is 12.5 Å². The van der Waals surface area contributed by atoms with Crippen LogP contribution in [0.15, 0.2) is 47.6 Å². The Morgan fingerprint density at radius 2 is 1.88 bits per heavy atom. The summed E-state index contributed by atoms with van der Waals surface area (Å²) >= 11 is 0. The molecule has 138 valence electrons. The van der Waals surface area contributed by atoms with Gasteiger partial charge in [-0.25, -0.2) is 5.43 Å². The van der Waals surface area contributed by atoms with Crippen LogP contribution in [0.25, 0.3) is 0 Å². The van der Waals surface area contributed by atoms with Crippen molar-refractivity contribution in [1.82, 2.24) is 5.43 Å². The standard InChI is InChI=1S/C21H26N2O3/c1-5-25-19-10-7-17(8-11-19)13-22-23-21(24)14-26-20-12-18(15(2)3)9-6-16(20)4/h6-13,15H,5,14H2,1-4H3,(H,23,24)/b22-13+. The van der Waals surface area contributed by atoms with Crippen molar-refractivity contribution in [3.8, 4) is 11.5 Å². The first-order valence-corrected chi connectivity index (χ1v) is 8.77. The van der Waals surface area contributed by atoms with Crippen molar-refractivity contribution in [2.24, 2.45) is 5.10 Å². The fourth-order valence-corrected chi connectivity index (χ4v) is 2.30. The quantitative estimate of drug-likeness (QED) is 0.575. The average molecular weight is 354 g/mol. The molecule has 1 amide bonds. The van der Waals surface area contributed by atoms with E-state index in [9.17, 15) is 4.79 Å². The summed E-state index contributed by atoms with van der Waals surface area (Å²) < 4.78 is 11.0. The molecule has 5 nitrogen and oxygen atoms in total. The van der Waals surface area contributed by atoms with Crippen molar-refractivity contribution < 1.29 is 14.3 Å². The Balaban J connectivity index is 1.84. The fraction of sp³-hybridized carbons (Fsp3) is 0.333. The Kier molecular flexibility index (Phi) is 7.21. The van der Waals surface area contributed by atoms with Crippen molar-refractivity contribution in [2.75, 3.05) is 13.2 Å². The SMILES string of the molecule is CCOc1ccc(/C=N/NC(=O)COc2cc(C(C)C)ccc2C)cc1. The molecule has 0 aliphatic rings. The van der Waals surface area contributed by atoms with Gasteiger partial charge in [-0.15, -0.1) is 0 Å². The van der Waals surface area contributed by atoms with Gasteiger partial charge in [-0.1, -0.05) is 26.0 Å². The Labute approximate surface area is 155 Å². The summed E-state index contributed by atoms with van der Waals surface area (Å²) in [7, 11) is 0. The van der Waals surface area contributed by atoms with Gasteiger partial charge in [0.15, 0.2) is 6.61 Å². The van der Waals surface area contributed by atoms with Gasteiger partial charge < -0.3 is 9.47 Å². The molecule has 2 aromatic carbocycles. The Morgan fingerprint density at radius 3 is 2.54 bits per heavy atom. The van der Waals surface area contributed by atoms with Crippen LogP contribution in [0.2, 0.25) is 0 Å². The third-order valence-corrected chi connectivity index (χ3v) is 3.83. The first-order chi connectivity index (χ1) is 12.5. The maximum absolute atomic E-state index is 11.9. The molecule has 0 aromatic heterocycles. The summed E-state index contributed by atoms with van der Waals surface area (Å²) in [6.45, 7) is 8.69. The van der Waals surface area contributed by atoms with E-state index >= 15 is 0 Å². The smallest absolute Gasteiger partial charge is 0.277 e. The molecule has 0 saturated carbocycles. The van der Waals surface area contributed by atoms with Gasteiger partial charge in [0.25, 0.3) is 5.91 Å². The van der Waals surface area contributed by atoms with E-state index in [0.717, 1.165) is 22.6 Å². The molecule has 1 N–H and O–H groups in total. The second-order valence-corrected chi connectivity index (χ2v) is 6.26. The van der Waals surface area contributed by atoms with Crippen molar-refractivity contribution in [3.63, 3.8) is 0 Å². The van der Waals surface area contributed by atoms with E-state index in [4.69, 9.17) is 9.47 Å². The molecule has 0 unspecified atom stereocenters. The minimum absolute atomic E-state index is 0.0804. The minimum Gasteiger partial charge on any atom is -0.494 e. The highest BCUT2D eigenvalue weighted by atomic mass is 16.5. The molecule has 0 heterocycles. The number of hydrazone groups is 1. The Bertz CT molecular complexity index is 752. The number of nitrogens with one attached hydrogen (secondary N) is 1. The van der Waals surface area contributed by atoms with Crippen LogP contribution in [-0.2, 0) is 4.79 Å². The number of amides is 1. The molecule has 26 heavy (non-hydrogen) atoms. The van der Waals surface area contributed by atoms with Gasteiger partial charge in [-0.3, -0.25) is 4.79 Å². The van der Waals surface area contributed by atoms with E-state index in [1.165, 1.54) is 5.56 Å². The summed E-state index contributed by atoms with van der Waals surface area (Å²) in [5, 5.41) is 3.95. The third kappa shape index (κ3) is 5.92. The van der Waals surface area contributed by atoms with Crippen molar-refractivity contribution in [1.29, 1.82) is 0 Å². The van der Waals surface area contributed by atoms with Gasteiger partial charge in [0.2, 0.25) is 0 Å². The van der Waals surface area contributed by atoms with E-state index in [1.54, 1.807) is 6.21 Å². The lowest BCUT2D eigenvalue weighted by atomic mass is 10.0. The summed E-state index contributed by atoms with van der Waals surface area (Å²) in [5.41, 5.74) is 5.52. The highest BCUT2D eigenvalue weighted by molar-refractivity contribution is 5.83. The third-order valence-electron chi connectivity index (χ3n) is 3.83. The summed E-state index contributed by atoms with van der Waals surface area (Å²) in [5.74, 6) is 1.63. The van der Waals surface area contributed by atoms with Crippen LogP contribution in [0.4, 0.5) is 0 Å². The second kappa shape index (κ2) is 9.61. The van der Waals surface area contributed by atoms with E-state index in [0.29, 0.717) is 12.5 Å². The zero-order chi connectivity index (χ0) is 18.9. The molecule has 2 aromatic rings. The normalized spacial score (nSPS) is 11.0. The summed E-state index contributed by atoms with van der Waals surface area (Å²) in [6.07, 6.45) is 1.58. The molecule has 5 heteroatoms. The van der Waals surface area contributed by atoms with Gasteiger partial charge in [0.1, 0.15) is 11.5 Å². The van der Waals surface area contributed by atoms with Crippen LogP contribution >= 0.6 is 0 Å². The van der Waals surface area contributed by atoms with E-state index in [2.05, 4.69) is 30.4 Å². The number of carbonyl (C=O) groups is 1. The first-order valence-electron chi connectivity index (χ1n) is 8.77. The molecule has 0 bridgehead atoms. The van der Waals surface area contributed by atoms with E-state index < -0.39 is 0 Å². The van der Waals surface area contributed by atoms with Gasteiger partial charge >= 0.3 is 0 Å². The fourth-order valence-electron chi connectivity index (χ4n) is 2.30. The number of hydrogen-bond donors (Lipinski definition) is 1. The van der Waals surface area contributed by atoms with Crippen LogP contribution < -0.4 is 14.9 Å². The van der Waals surface area contributed by atoms with Crippen LogP contribution in [0.1, 0.15) is 43.4 Å². The number of nitrogens with zero attached hydrogens (tertiary/aromatic N) is 1. The average Bonchev–Trinajstić information content (AvgIpc) is 2.62. The molecule has 0 aliphatic heterocycles. The van der Waals surface area contributed by atoms with Gasteiger partial charge in [0, 0.05) is 0 Å². The highest BCUT2D eigenvalue weighted by Crippen LogP contribution is 2.24. The number of hydrogen-bond acceptors (Lipinski definition) is 4. The number of aryl methyl sites for hydroxylation is 1.